The maximum Gasteiger partial charge on any atom is 0.0703 e. The molecule has 106 valence electrons. The van der Waals surface area contributed by atoms with Crippen molar-refractivity contribution in [1.82, 2.24) is 4.90 Å². The van der Waals surface area contributed by atoms with E-state index in [2.05, 4.69) is 18.7 Å². The Morgan fingerprint density at radius 3 is 2.78 bits per heavy atom. The molecule has 0 radical (unpaired) electrons. The number of nitrogens with zero attached hydrogens (tertiary/aromatic N) is 1. The van der Waals surface area contributed by atoms with E-state index in [-0.39, 0.29) is 5.54 Å². The van der Waals surface area contributed by atoms with Crippen molar-refractivity contribution >= 4 is 0 Å². The van der Waals surface area contributed by atoms with Crippen molar-refractivity contribution < 1.29 is 9.47 Å². The lowest BCUT2D eigenvalue weighted by Gasteiger charge is -2.50. The molecule has 3 unspecified atom stereocenters. The maximum atomic E-state index is 6.14. The fraction of sp³-hybridized carbons (Fsp3) is 1.00. The van der Waals surface area contributed by atoms with Crippen LogP contribution in [0, 0.1) is 5.92 Å². The molecule has 0 aromatic heterocycles. The highest BCUT2D eigenvalue weighted by atomic mass is 16.5. The Bertz CT molecular complexity index is 256. The van der Waals surface area contributed by atoms with E-state index in [0.29, 0.717) is 12.0 Å². The van der Waals surface area contributed by atoms with Crippen LogP contribution in [-0.4, -0.2) is 56.0 Å². The van der Waals surface area contributed by atoms with Gasteiger partial charge in [0.05, 0.1) is 12.7 Å². The normalized spacial score (nSPS) is 37.3. The molecule has 18 heavy (non-hydrogen) atoms. The highest BCUT2D eigenvalue weighted by Gasteiger charge is 2.43. The first-order chi connectivity index (χ1) is 8.73. The van der Waals surface area contributed by atoms with E-state index in [0.717, 1.165) is 45.9 Å². The largest absolute Gasteiger partial charge is 0.381 e. The van der Waals surface area contributed by atoms with Gasteiger partial charge in [0.15, 0.2) is 0 Å². The van der Waals surface area contributed by atoms with Crippen molar-refractivity contribution in [2.24, 2.45) is 11.7 Å². The van der Waals surface area contributed by atoms with E-state index in [1.165, 1.54) is 12.8 Å². The van der Waals surface area contributed by atoms with Crippen LogP contribution < -0.4 is 5.73 Å². The average Bonchev–Trinajstić information content (AvgIpc) is 2.90. The van der Waals surface area contributed by atoms with E-state index in [1.54, 1.807) is 0 Å². The summed E-state index contributed by atoms with van der Waals surface area (Å²) in [5.74, 6) is 0.498. The van der Waals surface area contributed by atoms with Crippen molar-refractivity contribution in [2.75, 3.05) is 39.5 Å². The summed E-state index contributed by atoms with van der Waals surface area (Å²) in [5.41, 5.74) is 6.25. The predicted octanol–water partition coefficient (Wildman–Crippen LogP) is 1.24. The van der Waals surface area contributed by atoms with Gasteiger partial charge in [-0.05, 0) is 31.7 Å². The fourth-order valence-electron chi connectivity index (χ4n) is 3.47. The van der Waals surface area contributed by atoms with Gasteiger partial charge in [0.25, 0.3) is 0 Å². The molecule has 2 aliphatic rings. The molecular formula is C14H28N2O2. The van der Waals surface area contributed by atoms with Gasteiger partial charge in [-0.15, -0.1) is 0 Å². The summed E-state index contributed by atoms with van der Waals surface area (Å²) in [4.78, 5) is 2.55. The molecule has 0 aromatic carbocycles. The summed E-state index contributed by atoms with van der Waals surface area (Å²) in [6.45, 7) is 9.88. The van der Waals surface area contributed by atoms with Crippen LogP contribution in [0.25, 0.3) is 0 Å². The summed E-state index contributed by atoms with van der Waals surface area (Å²) >= 11 is 0. The van der Waals surface area contributed by atoms with Gasteiger partial charge < -0.3 is 15.2 Å². The van der Waals surface area contributed by atoms with Crippen LogP contribution in [-0.2, 0) is 9.47 Å². The summed E-state index contributed by atoms with van der Waals surface area (Å²) in [5, 5.41) is 0. The van der Waals surface area contributed by atoms with Crippen LogP contribution in [0.3, 0.4) is 0 Å². The van der Waals surface area contributed by atoms with E-state index in [4.69, 9.17) is 15.2 Å². The second-order valence-electron chi connectivity index (χ2n) is 5.71. The minimum absolute atomic E-state index is 0.110. The first-order valence-electron chi connectivity index (χ1n) is 7.37. The minimum atomic E-state index is 0.110. The van der Waals surface area contributed by atoms with Crippen molar-refractivity contribution in [2.45, 2.75) is 44.8 Å². The van der Waals surface area contributed by atoms with Crippen LogP contribution in [0.4, 0.5) is 0 Å². The molecule has 2 saturated heterocycles. The van der Waals surface area contributed by atoms with Crippen LogP contribution in [0.2, 0.25) is 0 Å². The second-order valence-corrected chi connectivity index (χ2v) is 5.71. The highest BCUT2D eigenvalue weighted by molar-refractivity contribution is 4.98. The predicted molar refractivity (Wildman–Crippen MR) is 72.6 cm³/mol. The monoisotopic (exact) mass is 256 g/mol. The molecule has 2 N–H and O–H groups in total. The molecule has 0 bridgehead atoms. The number of nitrogens with two attached hydrogens (primary N) is 1. The maximum absolute atomic E-state index is 6.14. The van der Waals surface area contributed by atoms with Crippen molar-refractivity contribution in [3.8, 4) is 0 Å². The Kier molecular flexibility index (Phi) is 5.01. The summed E-state index contributed by atoms with van der Waals surface area (Å²) < 4.78 is 11.4. The quantitative estimate of drug-likeness (QED) is 0.804. The van der Waals surface area contributed by atoms with E-state index in [9.17, 15) is 0 Å². The first-order valence-corrected chi connectivity index (χ1v) is 7.37. The zero-order valence-electron chi connectivity index (χ0n) is 11.9. The average molecular weight is 256 g/mol. The van der Waals surface area contributed by atoms with Crippen LogP contribution in [0.15, 0.2) is 0 Å². The molecule has 0 spiro atoms. The number of hydrogen-bond acceptors (Lipinski definition) is 4. The van der Waals surface area contributed by atoms with Crippen molar-refractivity contribution in [1.29, 1.82) is 0 Å². The lowest BCUT2D eigenvalue weighted by Crippen LogP contribution is -2.62. The molecule has 4 nitrogen and oxygen atoms in total. The van der Waals surface area contributed by atoms with Crippen LogP contribution in [0.5, 0.6) is 0 Å². The van der Waals surface area contributed by atoms with Gasteiger partial charge >= 0.3 is 0 Å². The molecular weight excluding hydrogens is 228 g/mol. The molecule has 2 rings (SSSR count). The van der Waals surface area contributed by atoms with Gasteiger partial charge in [-0.25, -0.2) is 0 Å². The zero-order chi connectivity index (χ0) is 13.0. The summed E-state index contributed by atoms with van der Waals surface area (Å²) in [6, 6.07) is 0. The van der Waals surface area contributed by atoms with Crippen molar-refractivity contribution in [3.05, 3.63) is 0 Å². The first kappa shape index (κ1) is 14.3. The number of rotatable bonds is 5. The second kappa shape index (κ2) is 6.33. The summed E-state index contributed by atoms with van der Waals surface area (Å²) in [7, 11) is 0. The Morgan fingerprint density at radius 1 is 1.39 bits per heavy atom. The molecule has 4 heteroatoms. The van der Waals surface area contributed by atoms with Gasteiger partial charge in [0.2, 0.25) is 0 Å². The van der Waals surface area contributed by atoms with E-state index < -0.39 is 0 Å². The highest BCUT2D eigenvalue weighted by Crippen LogP contribution is 2.33. The van der Waals surface area contributed by atoms with Gasteiger partial charge in [0, 0.05) is 31.8 Å². The molecule has 3 atom stereocenters. The Labute approximate surface area is 111 Å². The molecule has 0 aliphatic carbocycles. The topological polar surface area (TPSA) is 47.7 Å². The third-order valence-electron chi connectivity index (χ3n) is 4.78. The Balaban J connectivity index is 2.06. The molecule has 0 aromatic rings. The minimum Gasteiger partial charge on any atom is -0.381 e. The van der Waals surface area contributed by atoms with Gasteiger partial charge in [-0.3, -0.25) is 4.90 Å². The van der Waals surface area contributed by atoms with Gasteiger partial charge in [-0.1, -0.05) is 13.8 Å². The fourth-order valence-corrected chi connectivity index (χ4v) is 3.47. The zero-order valence-corrected chi connectivity index (χ0v) is 11.9. The van der Waals surface area contributed by atoms with E-state index in [1.807, 2.05) is 0 Å². The Morgan fingerprint density at radius 2 is 2.22 bits per heavy atom. The molecule has 2 fully saturated rings. The molecule has 2 heterocycles. The third kappa shape index (κ3) is 2.72. The third-order valence-corrected chi connectivity index (χ3v) is 4.78. The SMILES string of the molecule is CCN(CC1CCCO1)C1(CN)CCOCC1C. The lowest BCUT2D eigenvalue weighted by atomic mass is 9.79. The molecule has 0 saturated carbocycles. The standard InChI is InChI=1S/C14H28N2O2/c1-3-16(9-13-5-4-7-18-13)14(11-15)6-8-17-10-12(14)2/h12-13H,3-11,15H2,1-2H3. The number of hydrogen-bond donors (Lipinski definition) is 1. The van der Waals surface area contributed by atoms with Gasteiger partial charge in [-0.2, -0.15) is 0 Å². The van der Waals surface area contributed by atoms with Crippen LogP contribution >= 0.6 is 0 Å². The summed E-state index contributed by atoms with van der Waals surface area (Å²) in [6.07, 6.45) is 3.85. The van der Waals surface area contributed by atoms with Crippen molar-refractivity contribution in [3.63, 3.8) is 0 Å². The van der Waals surface area contributed by atoms with E-state index >= 15 is 0 Å². The lowest BCUT2D eigenvalue weighted by molar-refractivity contribution is -0.0775. The van der Waals surface area contributed by atoms with Gasteiger partial charge in [0.1, 0.15) is 0 Å². The number of likely N-dealkylation sites (N-methyl/N-ethyl adjacent to an activating group) is 1. The molecule has 2 aliphatic heterocycles. The smallest absolute Gasteiger partial charge is 0.0703 e. The van der Waals surface area contributed by atoms with Crippen LogP contribution in [0.1, 0.15) is 33.1 Å². The Hall–Kier alpha value is -0.160. The number of ether oxygens (including phenoxy) is 2. The molecule has 0 amide bonds.